The number of hydrogen-bond acceptors (Lipinski definition) is 6. The van der Waals surface area contributed by atoms with Gasteiger partial charge in [0.15, 0.2) is 0 Å². The molecule has 0 radical (unpaired) electrons. The number of nitrogens with zero attached hydrogens (tertiary/aromatic N) is 1. The number of nitrogens with one attached hydrogen (secondary N) is 1. The number of halogens is 1. The first-order valence-corrected chi connectivity index (χ1v) is 10.8. The third-order valence-corrected chi connectivity index (χ3v) is 6.66. The van der Waals surface area contributed by atoms with Gasteiger partial charge in [0.05, 0.1) is 12.1 Å². The minimum atomic E-state index is -0.812. The third kappa shape index (κ3) is 6.02. The molecule has 5 nitrogen and oxygen atoms in total. The number of aryl methyl sites for hydroxylation is 1. The van der Waals surface area contributed by atoms with Gasteiger partial charge in [-0.1, -0.05) is 33.7 Å². The summed E-state index contributed by atoms with van der Waals surface area (Å²) < 4.78 is 13.8. The molecule has 134 valence electrons. The van der Waals surface area contributed by atoms with Crippen LogP contribution in [0, 0.1) is 12.7 Å². The Balaban J connectivity index is 1.84. The van der Waals surface area contributed by atoms with E-state index in [-0.39, 0.29) is 18.1 Å². The fraction of sp³-hybridized carbons (Fsp3) is 0.312. The second-order valence-corrected chi connectivity index (χ2v) is 8.66. The molecule has 0 saturated heterocycles. The molecular formula is C16H17FN2O3S3. The van der Waals surface area contributed by atoms with Crippen molar-refractivity contribution in [2.75, 3.05) is 18.1 Å². The molecule has 0 aliphatic heterocycles. The van der Waals surface area contributed by atoms with Crippen LogP contribution in [0.1, 0.15) is 21.8 Å². The number of amides is 1. The van der Waals surface area contributed by atoms with Gasteiger partial charge in [0, 0.05) is 23.6 Å². The average Bonchev–Trinajstić information content (AvgIpc) is 2.95. The van der Waals surface area contributed by atoms with Crippen molar-refractivity contribution in [1.29, 1.82) is 0 Å². The van der Waals surface area contributed by atoms with Crippen molar-refractivity contribution in [3.05, 3.63) is 40.7 Å². The molecule has 0 unspecified atom stereocenters. The van der Waals surface area contributed by atoms with Gasteiger partial charge in [-0.3, -0.25) is 9.59 Å². The average molecular weight is 401 g/mol. The molecule has 25 heavy (non-hydrogen) atoms. The van der Waals surface area contributed by atoms with Gasteiger partial charge in [-0.25, -0.2) is 9.37 Å². The SMILES string of the molecule is Cc1nc(-c2ccccc2F)sc1C(=O)NCCSSCCC(=O)O. The van der Waals surface area contributed by atoms with Crippen molar-refractivity contribution in [2.24, 2.45) is 0 Å². The maximum atomic E-state index is 13.8. The topological polar surface area (TPSA) is 79.3 Å². The first-order chi connectivity index (χ1) is 12.0. The highest BCUT2D eigenvalue weighted by Gasteiger charge is 2.17. The zero-order valence-corrected chi connectivity index (χ0v) is 15.9. The smallest absolute Gasteiger partial charge is 0.304 e. The summed E-state index contributed by atoms with van der Waals surface area (Å²) in [7, 11) is 2.99. The third-order valence-electron chi connectivity index (χ3n) is 3.06. The summed E-state index contributed by atoms with van der Waals surface area (Å²) >= 11 is 1.17. The second-order valence-electron chi connectivity index (χ2n) is 4.96. The van der Waals surface area contributed by atoms with E-state index in [1.165, 1.54) is 39.0 Å². The molecule has 1 aromatic heterocycles. The first kappa shape index (κ1) is 19.7. The van der Waals surface area contributed by atoms with Crippen LogP contribution >= 0.6 is 32.9 Å². The lowest BCUT2D eigenvalue weighted by atomic mass is 10.2. The lowest BCUT2D eigenvalue weighted by Gasteiger charge is -2.03. The Labute approximate surface area is 156 Å². The number of rotatable bonds is 9. The Morgan fingerprint density at radius 3 is 2.72 bits per heavy atom. The maximum absolute atomic E-state index is 13.8. The Kier molecular flexibility index (Phi) is 7.73. The summed E-state index contributed by atoms with van der Waals surface area (Å²) in [4.78, 5) is 27.4. The second kappa shape index (κ2) is 9.79. The van der Waals surface area contributed by atoms with Gasteiger partial charge in [-0.15, -0.1) is 11.3 Å². The number of benzene rings is 1. The van der Waals surface area contributed by atoms with Gasteiger partial charge >= 0.3 is 5.97 Å². The quantitative estimate of drug-likeness (QED) is 0.492. The number of carbonyl (C=O) groups excluding carboxylic acids is 1. The number of hydrogen-bond donors (Lipinski definition) is 2. The van der Waals surface area contributed by atoms with Crippen molar-refractivity contribution in [2.45, 2.75) is 13.3 Å². The molecule has 2 rings (SSSR count). The molecule has 2 N–H and O–H groups in total. The summed E-state index contributed by atoms with van der Waals surface area (Å²) in [6.07, 6.45) is 0.128. The molecule has 0 fully saturated rings. The molecule has 1 heterocycles. The molecule has 0 bridgehead atoms. The summed E-state index contributed by atoms with van der Waals surface area (Å²) in [6.45, 7) is 2.20. The zero-order valence-electron chi connectivity index (χ0n) is 13.5. The van der Waals surface area contributed by atoms with E-state index in [0.717, 1.165) is 0 Å². The van der Waals surface area contributed by atoms with E-state index in [1.807, 2.05) is 0 Å². The fourth-order valence-corrected chi connectivity index (χ4v) is 4.79. The van der Waals surface area contributed by atoms with Crippen molar-refractivity contribution >= 4 is 44.8 Å². The molecular weight excluding hydrogens is 383 g/mol. The van der Waals surface area contributed by atoms with Gasteiger partial charge in [0.2, 0.25) is 0 Å². The Morgan fingerprint density at radius 2 is 2.00 bits per heavy atom. The van der Waals surface area contributed by atoms with E-state index in [1.54, 1.807) is 25.1 Å². The summed E-state index contributed by atoms with van der Waals surface area (Å²) in [6, 6.07) is 6.35. The number of carboxylic acids is 1. The van der Waals surface area contributed by atoms with Crippen LogP contribution in [0.5, 0.6) is 0 Å². The highest BCUT2D eigenvalue weighted by Crippen LogP contribution is 2.29. The van der Waals surface area contributed by atoms with Gasteiger partial charge in [0.1, 0.15) is 15.7 Å². The minimum absolute atomic E-state index is 0.128. The predicted molar refractivity (Wildman–Crippen MR) is 102 cm³/mol. The van der Waals surface area contributed by atoms with E-state index in [9.17, 15) is 14.0 Å². The van der Waals surface area contributed by atoms with Gasteiger partial charge in [0.25, 0.3) is 5.91 Å². The largest absolute Gasteiger partial charge is 0.481 e. The molecule has 0 saturated carbocycles. The molecule has 9 heteroatoms. The minimum Gasteiger partial charge on any atom is -0.481 e. The van der Waals surface area contributed by atoms with Gasteiger partial charge in [-0.05, 0) is 19.1 Å². The molecule has 1 amide bonds. The molecule has 1 aromatic carbocycles. The Bertz CT molecular complexity index is 752. The van der Waals surface area contributed by atoms with Crippen LogP contribution in [0.3, 0.4) is 0 Å². The zero-order chi connectivity index (χ0) is 18.2. The van der Waals surface area contributed by atoms with Crippen molar-refractivity contribution < 1.29 is 19.1 Å². The van der Waals surface area contributed by atoms with Crippen LogP contribution in [0.15, 0.2) is 24.3 Å². The van der Waals surface area contributed by atoms with Crippen LogP contribution < -0.4 is 5.32 Å². The summed E-state index contributed by atoms with van der Waals surface area (Å²) in [5.74, 6) is -0.193. The Morgan fingerprint density at radius 1 is 1.28 bits per heavy atom. The van der Waals surface area contributed by atoms with Crippen molar-refractivity contribution in [3.8, 4) is 10.6 Å². The maximum Gasteiger partial charge on any atom is 0.304 e. The van der Waals surface area contributed by atoms with Crippen LogP contribution in [0.4, 0.5) is 4.39 Å². The number of thiazole rings is 1. The van der Waals surface area contributed by atoms with Crippen molar-refractivity contribution in [3.63, 3.8) is 0 Å². The van der Waals surface area contributed by atoms with E-state index in [2.05, 4.69) is 10.3 Å². The van der Waals surface area contributed by atoms with Crippen LogP contribution in [0.2, 0.25) is 0 Å². The lowest BCUT2D eigenvalue weighted by molar-refractivity contribution is -0.136. The fourth-order valence-electron chi connectivity index (χ4n) is 1.89. The number of carboxylic acid groups (broad SMARTS) is 1. The van der Waals surface area contributed by atoms with Gasteiger partial charge < -0.3 is 10.4 Å². The first-order valence-electron chi connectivity index (χ1n) is 7.45. The predicted octanol–water partition coefficient (Wildman–Crippen LogP) is 3.84. The molecule has 0 spiro atoms. The van der Waals surface area contributed by atoms with Crippen LogP contribution in [-0.4, -0.2) is 40.0 Å². The Hall–Kier alpha value is -1.58. The van der Waals surface area contributed by atoms with Crippen molar-refractivity contribution in [1.82, 2.24) is 10.3 Å². The van der Waals surface area contributed by atoms with E-state index >= 15 is 0 Å². The van der Waals surface area contributed by atoms with E-state index in [4.69, 9.17) is 5.11 Å². The molecule has 2 aromatic rings. The highest BCUT2D eigenvalue weighted by atomic mass is 33.1. The van der Waals surface area contributed by atoms with Gasteiger partial charge in [-0.2, -0.15) is 0 Å². The molecule has 0 aliphatic carbocycles. The lowest BCUT2D eigenvalue weighted by Crippen LogP contribution is -2.25. The summed E-state index contributed by atoms with van der Waals surface area (Å²) in [5.41, 5.74) is 0.962. The number of carbonyl (C=O) groups is 2. The highest BCUT2D eigenvalue weighted by molar-refractivity contribution is 8.76. The molecule has 0 atom stereocenters. The number of aromatic nitrogens is 1. The normalized spacial score (nSPS) is 10.6. The van der Waals surface area contributed by atoms with Crippen LogP contribution in [-0.2, 0) is 4.79 Å². The molecule has 0 aliphatic rings. The van der Waals surface area contributed by atoms with E-state index < -0.39 is 5.97 Å². The standard InChI is InChI=1S/C16H17FN2O3S3/c1-10-14(15(22)18-7-9-24-23-8-6-13(20)21)25-16(19-10)11-4-2-3-5-12(11)17/h2-5H,6-9H2,1H3,(H,18,22)(H,20,21). The summed E-state index contributed by atoms with van der Waals surface area (Å²) in [5, 5.41) is 11.8. The van der Waals surface area contributed by atoms with E-state index in [0.29, 0.717) is 39.2 Å². The monoisotopic (exact) mass is 400 g/mol. The van der Waals surface area contributed by atoms with Crippen LogP contribution in [0.25, 0.3) is 10.6 Å². The number of aliphatic carboxylic acids is 1.